The highest BCUT2D eigenvalue weighted by atomic mass is 16.5. The average Bonchev–Trinajstić information content (AvgIpc) is 3.03. The number of rotatable bonds is 2. The molecule has 1 aliphatic heterocycles. The van der Waals surface area contributed by atoms with Gasteiger partial charge in [-0.15, -0.1) is 0 Å². The summed E-state index contributed by atoms with van der Waals surface area (Å²) in [5.41, 5.74) is 2.59. The van der Waals surface area contributed by atoms with E-state index in [4.69, 9.17) is 6.11 Å². The van der Waals surface area contributed by atoms with Crippen LogP contribution in [0.2, 0.25) is 0 Å². The number of para-hydroxylation sites is 1. The number of carbonyl (C=O) groups excluding carboxylic acids is 1. The van der Waals surface area contributed by atoms with Gasteiger partial charge in [-0.25, -0.2) is 4.68 Å². The molecule has 0 spiro atoms. The number of carbonyl (C=O) groups is 1. The standard InChI is InChI=1S/C18H14N2O2/c1-12(21)22-18-16-11-14-9-5-6-10-15(14)20(16)19-17(18)13-7-3-2-4-8-13/h2-11,18H,1H3/i18D. The van der Waals surface area contributed by atoms with Gasteiger partial charge in [0.2, 0.25) is 0 Å². The van der Waals surface area contributed by atoms with Crippen molar-refractivity contribution in [3.8, 4) is 0 Å². The van der Waals surface area contributed by atoms with Crippen LogP contribution in [0.3, 0.4) is 0 Å². The fourth-order valence-corrected chi connectivity index (χ4v) is 2.71. The zero-order valence-corrected chi connectivity index (χ0v) is 12.0. The van der Waals surface area contributed by atoms with Crippen LogP contribution in [0.15, 0.2) is 65.8 Å². The molecule has 1 aliphatic rings. The minimum Gasteiger partial charge on any atom is -0.449 e. The van der Waals surface area contributed by atoms with Gasteiger partial charge in [-0.2, -0.15) is 5.10 Å². The van der Waals surface area contributed by atoms with E-state index in [0.717, 1.165) is 16.5 Å². The Morgan fingerprint density at radius 3 is 2.68 bits per heavy atom. The van der Waals surface area contributed by atoms with Gasteiger partial charge in [0.25, 0.3) is 0 Å². The Bertz CT molecular complexity index is 946. The molecule has 3 aromatic rings. The molecule has 0 amide bonds. The van der Waals surface area contributed by atoms with Crippen LogP contribution in [-0.2, 0) is 9.53 Å². The van der Waals surface area contributed by atoms with E-state index in [1.807, 2.05) is 60.7 Å². The van der Waals surface area contributed by atoms with Crippen LogP contribution in [0.1, 0.15) is 25.6 Å². The van der Waals surface area contributed by atoms with Gasteiger partial charge in [0, 0.05) is 17.9 Å². The topological polar surface area (TPSA) is 43.6 Å². The Balaban J connectivity index is 1.98. The number of esters is 1. The van der Waals surface area contributed by atoms with E-state index in [9.17, 15) is 4.79 Å². The summed E-state index contributed by atoms with van der Waals surface area (Å²) in [5.74, 6) is -0.512. The first kappa shape index (κ1) is 11.7. The molecule has 0 N–H and O–H groups in total. The van der Waals surface area contributed by atoms with Gasteiger partial charge < -0.3 is 4.74 Å². The molecule has 0 saturated heterocycles. The molecule has 1 atom stereocenters. The maximum absolute atomic E-state index is 11.6. The Kier molecular flexibility index (Phi) is 2.58. The van der Waals surface area contributed by atoms with Crippen molar-refractivity contribution in [3.05, 3.63) is 71.9 Å². The smallest absolute Gasteiger partial charge is 0.303 e. The van der Waals surface area contributed by atoms with E-state index in [2.05, 4.69) is 5.10 Å². The van der Waals surface area contributed by atoms with Gasteiger partial charge in [0.1, 0.15) is 5.71 Å². The lowest BCUT2D eigenvalue weighted by Gasteiger charge is -2.12. The first-order chi connectivity index (χ1) is 11.1. The molecule has 1 unspecified atom stereocenters. The summed E-state index contributed by atoms with van der Waals surface area (Å²) in [6.45, 7) is 1.31. The van der Waals surface area contributed by atoms with Crippen molar-refractivity contribution < 1.29 is 10.9 Å². The molecular formula is C18H14N2O2. The van der Waals surface area contributed by atoms with Crippen LogP contribution >= 0.6 is 0 Å². The van der Waals surface area contributed by atoms with Crippen LogP contribution in [0, 0.1) is 0 Å². The number of fused-ring (bicyclic) bond motifs is 3. The molecule has 108 valence electrons. The van der Waals surface area contributed by atoms with Gasteiger partial charge in [-0.1, -0.05) is 48.5 Å². The lowest BCUT2D eigenvalue weighted by atomic mass is 10.0. The minimum atomic E-state index is -1.65. The third-order valence-electron chi connectivity index (χ3n) is 3.63. The number of aromatic nitrogens is 1. The lowest BCUT2D eigenvalue weighted by molar-refractivity contribution is -0.143. The maximum atomic E-state index is 11.6. The van der Waals surface area contributed by atoms with E-state index >= 15 is 0 Å². The van der Waals surface area contributed by atoms with Gasteiger partial charge in [0.05, 0.1) is 12.6 Å². The first-order valence-electron chi connectivity index (χ1n) is 7.55. The maximum Gasteiger partial charge on any atom is 0.303 e. The molecule has 2 aromatic carbocycles. The van der Waals surface area contributed by atoms with Crippen molar-refractivity contribution in [2.24, 2.45) is 5.10 Å². The van der Waals surface area contributed by atoms with E-state index in [0.29, 0.717) is 11.4 Å². The Morgan fingerprint density at radius 1 is 1.18 bits per heavy atom. The Hall–Kier alpha value is -2.88. The number of benzene rings is 2. The first-order valence-corrected chi connectivity index (χ1v) is 7.05. The summed E-state index contributed by atoms with van der Waals surface area (Å²) in [7, 11) is 0. The fourth-order valence-electron chi connectivity index (χ4n) is 2.71. The van der Waals surface area contributed by atoms with Gasteiger partial charge in [-0.05, 0) is 12.1 Å². The van der Waals surface area contributed by atoms with Crippen LogP contribution < -0.4 is 0 Å². The number of hydrogen-bond acceptors (Lipinski definition) is 3. The molecule has 1 aromatic heterocycles. The highest BCUT2D eigenvalue weighted by Crippen LogP contribution is 2.34. The Morgan fingerprint density at radius 2 is 1.91 bits per heavy atom. The Labute approximate surface area is 129 Å². The molecule has 22 heavy (non-hydrogen) atoms. The summed E-state index contributed by atoms with van der Waals surface area (Å²) in [4.78, 5) is 11.6. The second kappa shape index (κ2) is 4.84. The van der Waals surface area contributed by atoms with Crippen molar-refractivity contribution in [1.29, 1.82) is 0 Å². The molecule has 0 fully saturated rings. The van der Waals surface area contributed by atoms with Crippen LogP contribution in [-0.4, -0.2) is 16.4 Å². The van der Waals surface area contributed by atoms with Crippen molar-refractivity contribution >= 4 is 22.6 Å². The molecule has 4 nitrogen and oxygen atoms in total. The zero-order valence-electron chi connectivity index (χ0n) is 13.0. The highest BCUT2D eigenvalue weighted by molar-refractivity contribution is 6.07. The fraction of sp³-hybridized carbons (Fsp3) is 0.111. The summed E-state index contributed by atoms with van der Waals surface area (Å²) < 4.78 is 15.9. The average molecular weight is 291 g/mol. The van der Waals surface area contributed by atoms with E-state index in [1.54, 1.807) is 4.68 Å². The molecule has 4 heteroatoms. The molecule has 0 radical (unpaired) electrons. The minimum absolute atomic E-state index is 0.411. The largest absolute Gasteiger partial charge is 0.449 e. The van der Waals surface area contributed by atoms with Gasteiger partial charge in [-0.3, -0.25) is 4.79 Å². The van der Waals surface area contributed by atoms with Crippen molar-refractivity contribution in [2.45, 2.75) is 13.0 Å². The summed E-state index contributed by atoms with van der Waals surface area (Å²) in [6.07, 6.45) is -1.65. The van der Waals surface area contributed by atoms with Crippen LogP contribution in [0.5, 0.6) is 0 Å². The SMILES string of the molecule is [2H]C1(OC(C)=O)C(c2ccccc2)=Nn2c1cc1ccccc12. The van der Waals surface area contributed by atoms with Crippen LogP contribution in [0.25, 0.3) is 10.9 Å². The summed E-state index contributed by atoms with van der Waals surface area (Å²) in [6, 6.07) is 18.9. The normalized spacial score (nSPS) is 20.4. The zero-order chi connectivity index (χ0) is 16.0. The predicted octanol–water partition coefficient (Wildman–Crippen LogP) is 3.51. The molecular weight excluding hydrogens is 276 g/mol. The van der Waals surface area contributed by atoms with Crippen LogP contribution in [0.4, 0.5) is 0 Å². The van der Waals surface area contributed by atoms with E-state index in [-0.39, 0.29) is 0 Å². The number of nitrogens with zero attached hydrogens (tertiary/aromatic N) is 2. The van der Waals surface area contributed by atoms with Crippen molar-refractivity contribution in [2.75, 3.05) is 0 Å². The molecule has 4 rings (SSSR count). The molecule has 0 saturated carbocycles. The number of ether oxygens (including phenoxy) is 1. The van der Waals surface area contributed by atoms with Gasteiger partial charge in [0.15, 0.2) is 6.08 Å². The molecule has 2 heterocycles. The predicted molar refractivity (Wildman–Crippen MR) is 84.8 cm³/mol. The third-order valence-corrected chi connectivity index (χ3v) is 3.63. The second-order valence-electron chi connectivity index (χ2n) is 5.14. The highest BCUT2D eigenvalue weighted by Gasteiger charge is 2.32. The van der Waals surface area contributed by atoms with E-state index < -0.39 is 12.0 Å². The summed E-state index contributed by atoms with van der Waals surface area (Å²) in [5, 5.41) is 5.55. The van der Waals surface area contributed by atoms with Crippen molar-refractivity contribution in [3.63, 3.8) is 0 Å². The number of hydrogen-bond donors (Lipinski definition) is 0. The third kappa shape index (κ3) is 1.92. The van der Waals surface area contributed by atoms with Gasteiger partial charge >= 0.3 is 5.97 Å². The molecule has 0 aliphatic carbocycles. The summed E-state index contributed by atoms with van der Waals surface area (Å²) >= 11 is 0. The quantitative estimate of drug-likeness (QED) is 0.678. The second-order valence-corrected chi connectivity index (χ2v) is 5.14. The molecule has 0 bridgehead atoms. The lowest BCUT2D eigenvalue weighted by Crippen LogP contribution is -2.16. The van der Waals surface area contributed by atoms with Crippen molar-refractivity contribution in [1.82, 2.24) is 4.68 Å². The van der Waals surface area contributed by atoms with E-state index in [1.165, 1.54) is 6.92 Å². The monoisotopic (exact) mass is 291 g/mol.